The molecule has 0 radical (unpaired) electrons. The number of hydrogen-bond acceptors (Lipinski definition) is 1. The van der Waals surface area contributed by atoms with Crippen molar-refractivity contribution in [1.29, 1.82) is 0 Å². The van der Waals surface area contributed by atoms with Gasteiger partial charge in [-0.15, -0.1) is 0 Å². The first kappa shape index (κ1) is 10.6. The Bertz CT molecular complexity index is 554. The molecule has 0 saturated heterocycles. The Hall–Kier alpha value is -1.54. The molecule has 0 fully saturated rings. The van der Waals surface area contributed by atoms with Gasteiger partial charge in [-0.1, -0.05) is 41.9 Å². The van der Waals surface area contributed by atoms with Gasteiger partial charge in [-0.05, 0) is 29.7 Å². The minimum absolute atomic E-state index is 0.138. The van der Waals surface area contributed by atoms with Gasteiger partial charge in [0.05, 0.1) is 11.7 Å². The average molecular weight is 248 g/mol. The number of benzene rings is 2. The van der Waals surface area contributed by atoms with Crippen LogP contribution >= 0.6 is 11.6 Å². The van der Waals surface area contributed by atoms with E-state index in [4.69, 9.17) is 11.6 Å². The first-order chi connectivity index (χ1) is 8.24. The second-order valence-corrected chi connectivity index (χ2v) is 4.67. The molecular weight excluding hydrogens is 237 g/mol. The molecule has 0 saturated carbocycles. The lowest BCUT2D eigenvalue weighted by Crippen LogP contribution is -2.05. The topological polar surface area (TPSA) is 12.0 Å². The summed E-state index contributed by atoms with van der Waals surface area (Å²) < 4.78 is 13.7. The second kappa shape index (κ2) is 4.04. The third-order valence-corrected chi connectivity index (χ3v) is 3.30. The SMILES string of the molecule is Fc1cc(Cl)cc2c1NC(c1ccccc1)C2. The fourth-order valence-electron chi connectivity index (χ4n) is 2.28. The smallest absolute Gasteiger partial charge is 0.148 e. The van der Waals surface area contributed by atoms with Crippen molar-refractivity contribution in [3.8, 4) is 0 Å². The summed E-state index contributed by atoms with van der Waals surface area (Å²) in [4.78, 5) is 0. The molecular formula is C14H11ClFN. The average Bonchev–Trinajstić information content (AvgIpc) is 2.74. The molecule has 2 aromatic rings. The summed E-state index contributed by atoms with van der Waals surface area (Å²) in [7, 11) is 0. The van der Waals surface area contributed by atoms with Crippen molar-refractivity contribution in [3.63, 3.8) is 0 Å². The van der Waals surface area contributed by atoms with E-state index in [2.05, 4.69) is 5.32 Å². The normalized spacial score (nSPS) is 17.6. The van der Waals surface area contributed by atoms with Gasteiger partial charge in [0.2, 0.25) is 0 Å². The van der Waals surface area contributed by atoms with E-state index < -0.39 is 0 Å². The zero-order valence-corrected chi connectivity index (χ0v) is 9.84. The second-order valence-electron chi connectivity index (χ2n) is 4.23. The van der Waals surface area contributed by atoms with Crippen LogP contribution in [0.5, 0.6) is 0 Å². The summed E-state index contributed by atoms with van der Waals surface area (Å²) in [6.45, 7) is 0. The predicted molar refractivity (Wildman–Crippen MR) is 67.9 cm³/mol. The van der Waals surface area contributed by atoms with E-state index >= 15 is 0 Å². The van der Waals surface area contributed by atoms with E-state index in [1.165, 1.54) is 11.6 Å². The van der Waals surface area contributed by atoms with Gasteiger partial charge >= 0.3 is 0 Å². The molecule has 0 bridgehead atoms. The summed E-state index contributed by atoms with van der Waals surface area (Å²) in [5.41, 5.74) is 2.70. The van der Waals surface area contributed by atoms with Crippen molar-refractivity contribution in [1.82, 2.24) is 0 Å². The number of nitrogens with one attached hydrogen (secondary N) is 1. The van der Waals surface area contributed by atoms with Crippen molar-refractivity contribution in [2.45, 2.75) is 12.5 Å². The fraction of sp³-hybridized carbons (Fsp3) is 0.143. The van der Waals surface area contributed by atoms with Crippen LogP contribution in [0.1, 0.15) is 17.2 Å². The van der Waals surface area contributed by atoms with Gasteiger partial charge in [0, 0.05) is 5.02 Å². The van der Waals surface area contributed by atoms with Crippen LogP contribution in [0, 0.1) is 5.82 Å². The number of anilines is 1. The van der Waals surface area contributed by atoms with Crippen LogP contribution < -0.4 is 5.32 Å². The third kappa shape index (κ3) is 1.89. The highest BCUT2D eigenvalue weighted by Crippen LogP contribution is 2.37. The molecule has 86 valence electrons. The minimum atomic E-state index is -0.272. The standard InChI is InChI=1S/C14H11ClFN/c15-11-6-10-7-13(9-4-2-1-3-5-9)17-14(10)12(16)8-11/h1-6,8,13,17H,7H2. The largest absolute Gasteiger partial charge is 0.375 e. The molecule has 0 aromatic heterocycles. The van der Waals surface area contributed by atoms with Gasteiger partial charge in [-0.2, -0.15) is 0 Å². The summed E-state index contributed by atoms with van der Waals surface area (Å²) in [5.74, 6) is -0.272. The molecule has 1 unspecified atom stereocenters. The molecule has 1 N–H and O–H groups in total. The quantitative estimate of drug-likeness (QED) is 0.797. The van der Waals surface area contributed by atoms with Crippen molar-refractivity contribution in [2.75, 3.05) is 5.32 Å². The number of rotatable bonds is 1. The Morgan fingerprint density at radius 1 is 1.18 bits per heavy atom. The monoisotopic (exact) mass is 247 g/mol. The summed E-state index contributed by atoms with van der Waals surface area (Å²) >= 11 is 5.85. The molecule has 3 heteroatoms. The molecule has 0 aliphatic carbocycles. The van der Waals surface area contributed by atoms with Crippen molar-refractivity contribution < 1.29 is 4.39 Å². The minimum Gasteiger partial charge on any atom is -0.375 e. The summed E-state index contributed by atoms with van der Waals surface area (Å²) in [6, 6.07) is 13.4. The number of fused-ring (bicyclic) bond motifs is 1. The van der Waals surface area contributed by atoms with Crippen molar-refractivity contribution in [2.24, 2.45) is 0 Å². The molecule has 1 atom stereocenters. The lowest BCUT2D eigenvalue weighted by atomic mass is 10.0. The molecule has 1 nitrogen and oxygen atoms in total. The Morgan fingerprint density at radius 2 is 1.94 bits per heavy atom. The summed E-state index contributed by atoms with van der Waals surface area (Å²) in [5, 5.41) is 3.67. The maximum atomic E-state index is 13.7. The van der Waals surface area contributed by atoms with Crippen LogP contribution in [-0.4, -0.2) is 0 Å². The van der Waals surface area contributed by atoms with Gasteiger partial charge in [0.15, 0.2) is 0 Å². The lowest BCUT2D eigenvalue weighted by molar-refractivity contribution is 0.631. The molecule has 2 aromatic carbocycles. The zero-order valence-electron chi connectivity index (χ0n) is 9.08. The Balaban J connectivity index is 1.96. The first-order valence-corrected chi connectivity index (χ1v) is 5.91. The first-order valence-electron chi connectivity index (χ1n) is 5.53. The molecule has 0 spiro atoms. The van der Waals surface area contributed by atoms with Crippen LogP contribution in [0.2, 0.25) is 5.02 Å². The van der Waals surface area contributed by atoms with E-state index in [0.717, 1.165) is 12.0 Å². The van der Waals surface area contributed by atoms with Crippen molar-refractivity contribution in [3.05, 3.63) is 64.4 Å². The van der Waals surface area contributed by atoms with E-state index in [1.54, 1.807) is 0 Å². The van der Waals surface area contributed by atoms with Crippen LogP contribution in [0.15, 0.2) is 42.5 Å². The maximum Gasteiger partial charge on any atom is 0.148 e. The van der Waals surface area contributed by atoms with Gasteiger partial charge in [-0.3, -0.25) is 0 Å². The molecule has 17 heavy (non-hydrogen) atoms. The highest BCUT2D eigenvalue weighted by molar-refractivity contribution is 6.30. The van der Waals surface area contributed by atoms with E-state index in [1.807, 2.05) is 36.4 Å². The molecule has 3 rings (SSSR count). The highest BCUT2D eigenvalue weighted by atomic mass is 35.5. The van der Waals surface area contributed by atoms with Gasteiger partial charge < -0.3 is 5.32 Å². The molecule has 1 aliphatic heterocycles. The predicted octanol–water partition coefficient (Wildman–Crippen LogP) is 4.19. The molecule has 1 heterocycles. The third-order valence-electron chi connectivity index (χ3n) is 3.08. The van der Waals surface area contributed by atoms with Gasteiger partial charge in [0.25, 0.3) is 0 Å². The maximum absolute atomic E-state index is 13.7. The van der Waals surface area contributed by atoms with E-state index in [0.29, 0.717) is 10.7 Å². The van der Waals surface area contributed by atoms with Crippen LogP contribution in [-0.2, 0) is 6.42 Å². The number of hydrogen-bond donors (Lipinski definition) is 1. The Kier molecular flexibility index (Phi) is 2.52. The van der Waals surface area contributed by atoms with Crippen LogP contribution in [0.3, 0.4) is 0 Å². The van der Waals surface area contributed by atoms with Gasteiger partial charge in [0.1, 0.15) is 5.82 Å². The van der Waals surface area contributed by atoms with E-state index in [9.17, 15) is 4.39 Å². The lowest BCUT2D eigenvalue weighted by Gasteiger charge is -2.11. The van der Waals surface area contributed by atoms with Crippen LogP contribution in [0.25, 0.3) is 0 Å². The van der Waals surface area contributed by atoms with Crippen LogP contribution in [0.4, 0.5) is 10.1 Å². The molecule has 0 amide bonds. The summed E-state index contributed by atoms with van der Waals surface area (Å²) in [6.07, 6.45) is 0.775. The van der Waals surface area contributed by atoms with E-state index in [-0.39, 0.29) is 11.9 Å². The zero-order chi connectivity index (χ0) is 11.8. The highest BCUT2D eigenvalue weighted by Gasteiger charge is 2.24. The molecule has 1 aliphatic rings. The Morgan fingerprint density at radius 3 is 2.71 bits per heavy atom. The van der Waals surface area contributed by atoms with Gasteiger partial charge in [-0.25, -0.2) is 4.39 Å². The Labute approximate surface area is 104 Å². The van der Waals surface area contributed by atoms with Crippen molar-refractivity contribution >= 4 is 17.3 Å². The fourth-order valence-corrected chi connectivity index (χ4v) is 2.51. The number of halogens is 2.